The molecule has 0 aromatic heterocycles. The zero-order chi connectivity index (χ0) is 16.9. The van der Waals surface area contributed by atoms with Crippen molar-refractivity contribution in [1.29, 1.82) is 0 Å². The van der Waals surface area contributed by atoms with Crippen LogP contribution < -0.4 is 10.1 Å². The van der Waals surface area contributed by atoms with Crippen molar-refractivity contribution in [2.75, 3.05) is 46.2 Å². The summed E-state index contributed by atoms with van der Waals surface area (Å²) in [5.41, 5.74) is -0.00347. The summed E-state index contributed by atoms with van der Waals surface area (Å²) in [6, 6.07) is 7.17. The number of nitrogens with zero attached hydrogens (tertiary/aromatic N) is 2. The summed E-state index contributed by atoms with van der Waals surface area (Å²) < 4.78 is 5.16. The molecule has 128 valence electrons. The number of carbonyl (C=O) groups excluding carboxylic acids is 1. The van der Waals surface area contributed by atoms with Crippen molar-refractivity contribution >= 4 is 11.7 Å². The lowest BCUT2D eigenvalue weighted by atomic mass is 9.94. The third kappa shape index (κ3) is 5.11. The van der Waals surface area contributed by atoms with Crippen molar-refractivity contribution in [2.45, 2.75) is 24.9 Å². The van der Waals surface area contributed by atoms with Gasteiger partial charge in [0.25, 0.3) is 0 Å². The largest absolute Gasteiger partial charge is 0.497 e. The number of ether oxygens (including phenoxy) is 1. The lowest BCUT2D eigenvalue weighted by molar-refractivity contribution is 0.00361. The first-order valence-corrected chi connectivity index (χ1v) is 7.99. The molecule has 0 bridgehead atoms. The minimum Gasteiger partial charge on any atom is -0.497 e. The van der Waals surface area contributed by atoms with Crippen molar-refractivity contribution < 1.29 is 14.6 Å². The molecule has 1 unspecified atom stereocenters. The van der Waals surface area contributed by atoms with Crippen molar-refractivity contribution in [1.82, 2.24) is 9.80 Å². The summed E-state index contributed by atoms with van der Waals surface area (Å²) in [5, 5.41) is 13.6. The molecule has 2 amide bonds. The third-order valence-corrected chi connectivity index (χ3v) is 4.14. The molecule has 0 saturated carbocycles. The number of aliphatic hydroxyl groups is 1. The summed E-state index contributed by atoms with van der Waals surface area (Å²) in [5.74, 6) is 0.707. The maximum Gasteiger partial charge on any atom is 0.321 e. The van der Waals surface area contributed by atoms with Crippen LogP contribution in [0.25, 0.3) is 0 Å². The van der Waals surface area contributed by atoms with Gasteiger partial charge in [-0.3, -0.25) is 0 Å². The number of rotatable bonds is 4. The van der Waals surface area contributed by atoms with Crippen molar-refractivity contribution in [3.63, 3.8) is 0 Å². The van der Waals surface area contributed by atoms with E-state index in [1.54, 1.807) is 18.1 Å². The number of benzene rings is 1. The number of hydrogen-bond acceptors (Lipinski definition) is 4. The normalized spacial score (nSPS) is 21.9. The minimum atomic E-state index is -0.714. The molecule has 1 aliphatic rings. The Morgan fingerprint density at radius 2 is 2.17 bits per heavy atom. The molecule has 6 nitrogen and oxygen atoms in total. The SMILES string of the molecule is COc1cccc(NC(=O)N2CCCC(O)(CN(C)C)CC2)c1. The Bertz CT molecular complexity index is 536. The van der Waals surface area contributed by atoms with Gasteiger partial charge in [0.15, 0.2) is 0 Å². The summed E-state index contributed by atoms with van der Waals surface area (Å²) in [7, 11) is 5.51. The number of anilines is 1. The Labute approximate surface area is 138 Å². The van der Waals surface area contributed by atoms with E-state index in [9.17, 15) is 9.90 Å². The monoisotopic (exact) mass is 321 g/mol. The van der Waals surface area contributed by atoms with Gasteiger partial charge in [0.05, 0.1) is 12.7 Å². The highest BCUT2D eigenvalue weighted by Crippen LogP contribution is 2.24. The zero-order valence-electron chi connectivity index (χ0n) is 14.2. The number of likely N-dealkylation sites (N-methyl/N-ethyl adjacent to an activating group) is 1. The average Bonchev–Trinajstić information content (AvgIpc) is 2.68. The fourth-order valence-electron chi connectivity index (χ4n) is 3.03. The molecule has 23 heavy (non-hydrogen) atoms. The number of urea groups is 1. The predicted molar refractivity (Wildman–Crippen MR) is 90.9 cm³/mol. The van der Waals surface area contributed by atoms with Gasteiger partial charge in [0.2, 0.25) is 0 Å². The van der Waals surface area contributed by atoms with Crippen molar-refractivity contribution in [2.24, 2.45) is 0 Å². The molecule has 1 heterocycles. The molecule has 0 spiro atoms. The summed E-state index contributed by atoms with van der Waals surface area (Å²) in [4.78, 5) is 16.2. The number of amides is 2. The topological polar surface area (TPSA) is 65.0 Å². The second-order valence-corrected chi connectivity index (χ2v) is 6.46. The van der Waals surface area contributed by atoms with Gasteiger partial charge in [-0.05, 0) is 45.5 Å². The van der Waals surface area contributed by atoms with Crippen LogP contribution in [0.1, 0.15) is 19.3 Å². The first kappa shape index (κ1) is 17.6. The lowest BCUT2D eigenvalue weighted by Gasteiger charge is -2.29. The van der Waals surface area contributed by atoms with E-state index >= 15 is 0 Å². The van der Waals surface area contributed by atoms with Gasteiger partial charge in [-0.25, -0.2) is 4.79 Å². The molecule has 1 atom stereocenters. The predicted octanol–water partition coefficient (Wildman–Crippen LogP) is 2.01. The van der Waals surface area contributed by atoms with E-state index in [2.05, 4.69) is 5.32 Å². The molecule has 0 radical (unpaired) electrons. The molecule has 2 rings (SSSR count). The molecule has 6 heteroatoms. The third-order valence-electron chi connectivity index (χ3n) is 4.14. The van der Waals surface area contributed by atoms with Gasteiger partial charge in [-0.2, -0.15) is 0 Å². The van der Waals surface area contributed by atoms with Gasteiger partial charge >= 0.3 is 6.03 Å². The average molecular weight is 321 g/mol. The van der Waals surface area contributed by atoms with Gasteiger partial charge in [0.1, 0.15) is 5.75 Å². The Kier molecular flexibility index (Phi) is 5.85. The van der Waals surface area contributed by atoms with Crippen LogP contribution in [-0.4, -0.2) is 67.4 Å². The van der Waals surface area contributed by atoms with Crippen LogP contribution in [0.5, 0.6) is 5.75 Å². The van der Waals surface area contributed by atoms with E-state index in [0.717, 1.165) is 6.42 Å². The lowest BCUT2D eigenvalue weighted by Crippen LogP contribution is -2.42. The Morgan fingerprint density at radius 1 is 1.39 bits per heavy atom. The van der Waals surface area contributed by atoms with E-state index in [1.807, 2.05) is 37.2 Å². The molecule has 1 fully saturated rings. The highest BCUT2D eigenvalue weighted by atomic mass is 16.5. The molecule has 1 aromatic rings. The molecule has 1 saturated heterocycles. The van der Waals surface area contributed by atoms with E-state index in [1.165, 1.54) is 0 Å². The zero-order valence-corrected chi connectivity index (χ0v) is 14.2. The van der Waals surface area contributed by atoms with E-state index in [4.69, 9.17) is 4.74 Å². The van der Waals surface area contributed by atoms with Crippen LogP contribution in [-0.2, 0) is 0 Å². The van der Waals surface area contributed by atoms with Crippen molar-refractivity contribution in [3.8, 4) is 5.75 Å². The maximum atomic E-state index is 12.4. The first-order chi connectivity index (χ1) is 10.9. The van der Waals surface area contributed by atoms with Crippen LogP contribution in [0, 0.1) is 0 Å². The standard InChI is InChI=1S/C17H27N3O3/c1-19(2)13-17(22)8-5-10-20(11-9-17)16(21)18-14-6-4-7-15(12-14)23-3/h4,6-7,12,22H,5,8-11,13H2,1-3H3,(H,18,21). The van der Waals surface area contributed by atoms with Crippen LogP contribution in [0.2, 0.25) is 0 Å². The van der Waals surface area contributed by atoms with Crippen LogP contribution in [0.15, 0.2) is 24.3 Å². The van der Waals surface area contributed by atoms with Crippen LogP contribution in [0.4, 0.5) is 10.5 Å². The highest BCUT2D eigenvalue weighted by molar-refractivity contribution is 5.89. The summed E-state index contributed by atoms with van der Waals surface area (Å²) in [6.45, 7) is 1.84. The Balaban J connectivity index is 1.95. The number of methoxy groups -OCH3 is 1. The molecule has 1 aromatic carbocycles. The van der Waals surface area contributed by atoms with Gasteiger partial charge in [0, 0.05) is 31.4 Å². The molecular formula is C17H27N3O3. The minimum absolute atomic E-state index is 0.132. The Hall–Kier alpha value is -1.79. The number of hydrogen-bond donors (Lipinski definition) is 2. The highest BCUT2D eigenvalue weighted by Gasteiger charge is 2.31. The molecule has 1 aliphatic heterocycles. The summed E-state index contributed by atoms with van der Waals surface area (Å²) >= 11 is 0. The first-order valence-electron chi connectivity index (χ1n) is 7.99. The van der Waals surface area contributed by atoms with E-state index < -0.39 is 5.60 Å². The van der Waals surface area contributed by atoms with Gasteiger partial charge < -0.3 is 25.0 Å². The fourth-order valence-corrected chi connectivity index (χ4v) is 3.03. The quantitative estimate of drug-likeness (QED) is 0.890. The van der Waals surface area contributed by atoms with E-state index in [0.29, 0.717) is 43.9 Å². The number of nitrogens with one attached hydrogen (secondary N) is 1. The van der Waals surface area contributed by atoms with Crippen molar-refractivity contribution in [3.05, 3.63) is 24.3 Å². The second-order valence-electron chi connectivity index (χ2n) is 6.46. The fraction of sp³-hybridized carbons (Fsp3) is 0.588. The van der Waals surface area contributed by atoms with Gasteiger partial charge in [-0.15, -0.1) is 0 Å². The number of carbonyl (C=O) groups is 1. The number of likely N-dealkylation sites (tertiary alicyclic amines) is 1. The molecular weight excluding hydrogens is 294 g/mol. The Morgan fingerprint density at radius 3 is 2.87 bits per heavy atom. The van der Waals surface area contributed by atoms with E-state index in [-0.39, 0.29) is 6.03 Å². The van der Waals surface area contributed by atoms with Crippen LogP contribution >= 0.6 is 0 Å². The second kappa shape index (κ2) is 7.66. The van der Waals surface area contributed by atoms with Crippen LogP contribution in [0.3, 0.4) is 0 Å². The maximum absolute atomic E-state index is 12.4. The molecule has 0 aliphatic carbocycles. The smallest absolute Gasteiger partial charge is 0.321 e. The molecule has 2 N–H and O–H groups in total. The van der Waals surface area contributed by atoms with Gasteiger partial charge in [-0.1, -0.05) is 6.07 Å². The summed E-state index contributed by atoms with van der Waals surface area (Å²) in [6.07, 6.45) is 2.11.